The fourth-order valence-electron chi connectivity index (χ4n) is 2.41. The molecular weight excluding hydrogens is 382 g/mol. The number of hydrogen-bond acceptors (Lipinski definition) is 8. The standard InChI is InChI=1S/C19H17N3O7/c1-27-15-5-4-13(9-16(15)28-2)21-19(24)12(10-20)6-11-7-14(22(25)26)18(23)17(8-11)29-3/h4-9,23H,1-3H3,(H,21,24)/p-1/b12-6+. The number of nitriles is 1. The molecule has 2 aromatic rings. The van der Waals surface area contributed by atoms with Gasteiger partial charge >= 0.3 is 0 Å². The van der Waals surface area contributed by atoms with Gasteiger partial charge in [-0.05, 0) is 29.8 Å². The largest absolute Gasteiger partial charge is 0.865 e. The molecule has 0 saturated carbocycles. The topological polar surface area (TPSA) is 147 Å². The van der Waals surface area contributed by atoms with E-state index in [0.29, 0.717) is 17.2 Å². The first-order chi connectivity index (χ1) is 13.8. The van der Waals surface area contributed by atoms with E-state index in [1.54, 1.807) is 18.2 Å². The van der Waals surface area contributed by atoms with Crippen LogP contribution in [0.2, 0.25) is 0 Å². The summed E-state index contributed by atoms with van der Waals surface area (Å²) in [7, 11) is 4.08. The SMILES string of the molecule is COc1ccc(NC(=O)/C(C#N)=C/c2cc(OC)c([O-])c([N+](=O)[O-])c2)cc1OC. The normalized spacial score (nSPS) is 10.6. The predicted molar refractivity (Wildman–Crippen MR) is 101 cm³/mol. The van der Waals surface area contributed by atoms with E-state index in [0.717, 1.165) is 12.1 Å². The molecule has 1 N–H and O–H groups in total. The molecule has 0 aliphatic rings. The molecule has 0 aliphatic carbocycles. The van der Waals surface area contributed by atoms with Gasteiger partial charge in [-0.15, -0.1) is 0 Å². The van der Waals surface area contributed by atoms with Crippen LogP contribution in [0.15, 0.2) is 35.9 Å². The van der Waals surface area contributed by atoms with Crippen molar-refractivity contribution in [3.63, 3.8) is 0 Å². The van der Waals surface area contributed by atoms with Crippen molar-refractivity contribution in [2.45, 2.75) is 0 Å². The number of hydrogen-bond donors (Lipinski definition) is 1. The number of carbonyl (C=O) groups excluding carboxylic acids is 1. The third-order valence-electron chi connectivity index (χ3n) is 3.79. The molecule has 1 amide bonds. The van der Waals surface area contributed by atoms with Gasteiger partial charge in [-0.1, -0.05) is 0 Å². The molecule has 0 aromatic heterocycles. The first-order valence-electron chi connectivity index (χ1n) is 8.03. The van der Waals surface area contributed by atoms with E-state index in [4.69, 9.17) is 14.2 Å². The van der Waals surface area contributed by atoms with Gasteiger partial charge in [0.1, 0.15) is 17.4 Å². The Morgan fingerprint density at radius 3 is 2.31 bits per heavy atom. The average molecular weight is 398 g/mol. The van der Waals surface area contributed by atoms with Crippen LogP contribution in [0.3, 0.4) is 0 Å². The summed E-state index contributed by atoms with van der Waals surface area (Å²) in [5, 5.41) is 34.8. The Balaban J connectivity index is 2.37. The van der Waals surface area contributed by atoms with Gasteiger partial charge in [0, 0.05) is 23.6 Å². The number of nitrogens with zero attached hydrogens (tertiary/aromatic N) is 2. The zero-order chi connectivity index (χ0) is 21.6. The molecule has 0 saturated heterocycles. The number of amides is 1. The quantitative estimate of drug-likeness (QED) is 0.323. The molecule has 0 aliphatic heterocycles. The number of benzene rings is 2. The van der Waals surface area contributed by atoms with Gasteiger partial charge < -0.3 is 24.6 Å². The van der Waals surface area contributed by atoms with E-state index in [9.17, 15) is 25.3 Å². The number of anilines is 1. The molecule has 0 unspecified atom stereocenters. The maximum absolute atomic E-state index is 12.4. The molecule has 0 heterocycles. The smallest absolute Gasteiger partial charge is 0.266 e. The summed E-state index contributed by atoms with van der Waals surface area (Å²) < 4.78 is 15.1. The summed E-state index contributed by atoms with van der Waals surface area (Å²) in [6.45, 7) is 0. The minimum atomic E-state index is -0.900. The highest BCUT2D eigenvalue weighted by Gasteiger charge is 2.16. The molecule has 0 bridgehead atoms. The number of nitro groups is 1. The van der Waals surface area contributed by atoms with Crippen molar-refractivity contribution in [1.82, 2.24) is 0 Å². The second-order valence-electron chi connectivity index (χ2n) is 5.52. The number of carbonyl (C=O) groups is 1. The second-order valence-corrected chi connectivity index (χ2v) is 5.52. The summed E-state index contributed by atoms with van der Waals surface area (Å²) in [4.78, 5) is 22.6. The summed E-state index contributed by atoms with van der Waals surface area (Å²) in [5.74, 6) is -1.10. The molecule has 150 valence electrons. The van der Waals surface area contributed by atoms with E-state index in [-0.39, 0.29) is 16.9 Å². The van der Waals surface area contributed by atoms with Gasteiger partial charge in [-0.25, -0.2) is 0 Å². The van der Waals surface area contributed by atoms with Crippen LogP contribution in [0.1, 0.15) is 5.56 Å². The van der Waals surface area contributed by atoms with Crippen LogP contribution in [0.5, 0.6) is 23.0 Å². The molecule has 10 nitrogen and oxygen atoms in total. The lowest BCUT2D eigenvalue weighted by molar-refractivity contribution is -0.398. The molecule has 0 fully saturated rings. The highest BCUT2D eigenvalue weighted by molar-refractivity contribution is 6.09. The van der Waals surface area contributed by atoms with Crippen LogP contribution in [-0.4, -0.2) is 32.2 Å². The van der Waals surface area contributed by atoms with Crippen LogP contribution in [0, 0.1) is 21.4 Å². The zero-order valence-corrected chi connectivity index (χ0v) is 15.7. The van der Waals surface area contributed by atoms with Crippen LogP contribution in [0.25, 0.3) is 6.08 Å². The molecule has 0 spiro atoms. The van der Waals surface area contributed by atoms with Crippen LogP contribution in [-0.2, 0) is 4.79 Å². The lowest BCUT2D eigenvalue weighted by Gasteiger charge is -2.13. The van der Waals surface area contributed by atoms with Crippen LogP contribution in [0.4, 0.5) is 11.4 Å². The van der Waals surface area contributed by atoms with Crippen molar-refractivity contribution >= 4 is 23.4 Å². The van der Waals surface area contributed by atoms with Crippen molar-refractivity contribution in [2.24, 2.45) is 0 Å². The van der Waals surface area contributed by atoms with Crippen molar-refractivity contribution < 1.29 is 29.0 Å². The Hall–Kier alpha value is -4.26. The summed E-state index contributed by atoms with van der Waals surface area (Å²) in [5.41, 5.74) is -0.637. The maximum atomic E-state index is 12.4. The van der Waals surface area contributed by atoms with Gasteiger partial charge in [0.25, 0.3) is 11.6 Å². The average Bonchev–Trinajstić information content (AvgIpc) is 2.72. The highest BCUT2D eigenvalue weighted by Crippen LogP contribution is 2.35. The van der Waals surface area contributed by atoms with Gasteiger partial charge in [-0.2, -0.15) is 5.26 Å². The number of nitro benzene ring substituents is 1. The summed E-state index contributed by atoms with van der Waals surface area (Å²) in [6.07, 6.45) is 1.12. The molecule has 0 atom stereocenters. The van der Waals surface area contributed by atoms with Crippen molar-refractivity contribution in [2.75, 3.05) is 26.6 Å². The first-order valence-corrected chi connectivity index (χ1v) is 8.03. The van der Waals surface area contributed by atoms with Crippen molar-refractivity contribution in [3.05, 3.63) is 51.6 Å². The molecule has 0 radical (unpaired) electrons. The monoisotopic (exact) mass is 398 g/mol. The van der Waals surface area contributed by atoms with Crippen molar-refractivity contribution in [3.8, 4) is 29.1 Å². The molecule has 29 heavy (non-hydrogen) atoms. The number of rotatable bonds is 7. The number of methoxy groups -OCH3 is 3. The Morgan fingerprint density at radius 1 is 1.10 bits per heavy atom. The van der Waals surface area contributed by atoms with E-state index in [1.807, 2.05) is 0 Å². The van der Waals surface area contributed by atoms with Gasteiger partial charge in [0.05, 0.1) is 26.3 Å². The highest BCUT2D eigenvalue weighted by atomic mass is 16.6. The Kier molecular flexibility index (Phi) is 6.60. The number of ether oxygens (including phenoxy) is 3. The van der Waals surface area contributed by atoms with E-state index >= 15 is 0 Å². The summed E-state index contributed by atoms with van der Waals surface area (Å²) >= 11 is 0. The Bertz CT molecular complexity index is 1030. The van der Waals surface area contributed by atoms with Gasteiger partial charge in [-0.3, -0.25) is 14.9 Å². The maximum Gasteiger partial charge on any atom is 0.266 e. The van der Waals surface area contributed by atoms with E-state index in [2.05, 4.69) is 5.32 Å². The Morgan fingerprint density at radius 2 is 1.76 bits per heavy atom. The second kappa shape index (κ2) is 9.09. The minimum absolute atomic E-state index is 0.0900. The lowest BCUT2D eigenvalue weighted by atomic mass is 10.1. The van der Waals surface area contributed by atoms with Gasteiger partial charge in [0.2, 0.25) is 0 Å². The first kappa shape index (κ1) is 21.0. The Labute approximate surface area is 165 Å². The molecule has 2 aromatic carbocycles. The van der Waals surface area contributed by atoms with E-state index < -0.39 is 22.3 Å². The van der Waals surface area contributed by atoms with E-state index in [1.165, 1.54) is 33.5 Å². The minimum Gasteiger partial charge on any atom is -0.865 e. The molecule has 2 rings (SSSR count). The fourth-order valence-corrected chi connectivity index (χ4v) is 2.41. The lowest BCUT2D eigenvalue weighted by Crippen LogP contribution is -2.13. The summed E-state index contributed by atoms with van der Waals surface area (Å²) in [6, 6.07) is 8.53. The zero-order valence-electron chi connectivity index (χ0n) is 15.7. The van der Waals surface area contributed by atoms with Crippen LogP contribution < -0.4 is 24.6 Å². The third-order valence-corrected chi connectivity index (χ3v) is 3.79. The fraction of sp³-hybridized carbons (Fsp3) is 0.158. The van der Waals surface area contributed by atoms with Crippen LogP contribution >= 0.6 is 0 Å². The third kappa shape index (κ3) is 4.72. The predicted octanol–water partition coefficient (Wildman–Crippen LogP) is 2.24. The molecular formula is C19H16N3O7-. The van der Waals surface area contributed by atoms with Gasteiger partial charge in [0.15, 0.2) is 11.5 Å². The number of nitrogens with one attached hydrogen (secondary N) is 1. The van der Waals surface area contributed by atoms with Crippen molar-refractivity contribution in [1.29, 1.82) is 5.26 Å². The molecule has 10 heteroatoms.